The van der Waals surface area contributed by atoms with Crippen LogP contribution in [0.2, 0.25) is 0 Å². The number of aryl methyl sites for hydroxylation is 1. The largest absolute Gasteiger partial charge is 0.322 e. The SMILES string of the molecule is Cc1cc(F)ccc1NC(=O)c1cccc(S)c1. The molecule has 0 unspecified atom stereocenters. The molecule has 0 heterocycles. The Labute approximate surface area is 110 Å². The lowest BCUT2D eigenvalue weighted by atomic mass is 10.1. The molecular formula is C14H12FNOS. The molecule has 18 heavy (non-hydrogen) atoms. The number of halogens is 1. The van der Waals surface area contributed by atoms with E-state index in [1.165, 1.54) is 12.1 Å². The standard InChI is InChI=1S/C14H12FNOS/c1-9-7-11(15)5-6-13(9)16-14(17)10-3-2-4-12(18)8-10/h2-8,18H,1H3,(H,16,17). The first-order chi connectivity index (χ1) is 8.56. The number of anilines is 1. The van der Waals surface area contributed by atoms with Gasteiger partial charge in [0.05, 0.1) is 0 Å². The third-order valence-electron chi connectivity index (χ3n) is 2.54. The quantitative estimate of drug-likeness (QED) is 0.793. The van der Waals surface area contributed by atoms with E-state index in [0.717, 1.165) is 4.90 Å². The minimum atomic E-state index is -0.317. The monoisotopic (exact) mass is 261 g/mol. The first-order valence-electron chi connectivity index (χ1n) is 5.43. The average Bonchev–Trinajstić information content (AvgIpc) is 2.32. The molecule has 0 bridgehead atoms. The van der Waals surface area contributed by atoms with Crippen LogP contribution in [0.5, 0.6) is 0 Å². The van der Waals surface area contributed by atoms with Gasteiger partial charge in [-0.3, -0.25) is 4.79 Å². The van der Waals surface area contributed by atoms with Crippen molar-refractivity contribution >= 4 is 24.2 Å². The van der Waals surface area contributed by atoms with E-state index in [9.17, 15) is 9.18 Å². The van der Waals surface area contributed by atoms with E-state index in [2.05, 4.69) is 17.9 Å². The number of carbonyl (C=O) groups excluding carboxylic acids is 1. The number of hydrogen-bond donors (Lipinski definition) is 2. The molecule has 0 aliphatic rings. The summed E-state index contributed by atoms with van der Waals surface area (Å²) in [6.45, 7) is 1.74. The van der Waals surface area contributed by atoms with E-state index in [1.54, 1.807) is 37.3 Å². The van der Waals surface area contributed by atoms with Gasteiger partial charge in [0.15, 0.2) is 0 Å². The van der Waals surface area contributed by atoms with Crippen molar-refractivity contribution in [3.63, 3.8) is 0 Å². The maximum absolute atomic E-state index is 12.9. The fourth-order valence-corrected chi connectivity index (χ4v) is 1.83. The molecule has 1 N–H and O–H groups in total. The van der Waals surface area contributed by atoms with Crippen LogP contribution in [0.1, 0.15) is 15.9 Å². The number of amides is 1. The Kier molecular flexibility index (Phi) is 3.67. The summed E-state index contributed by atoms with van der Waals surface area (Å²) >= 11 is 4.18. The molecule has 4 heteroatoms. The Bertz CT molecular complexity index is 598. The number of hydrogen-bond acceptors (Lipinski definition) is 2. The smallest absolute Gasteiger partial charge is 0.255 e. The molecule has 0 aliphatic heterocycles. The summed E-state index contributed by atoms with van der Waals surface area (Å²) in [5, 5.41) is 2.74. The van der Waals surface area contributed by atoms with E-state index in [1.807, 2.05) is 0 Å². The number of rotatable bonds is 2. The van der Waals surface area contributed by atoms with E-state index in [4.69, 9.17) is 0 Å². The Balaban J connectivity index is 2.21. The van der Waals surface area contributed by atoms with Crippen LogP contribution >= 0.6 is 12.6 Å². The molecule has 0 aromatic heterocycles. The zero-order valence-corrected chi connectivity index (χ0v) is 10.7. The molecule has 2 aromatic rings. The van der Waals surface area contributed by atoms with Gasteiger partial charge in [0.2, 0.25) is 0 Å². The molecule has 0 saturated carbocycles. The lowest BCUT2D eigenvalue weighted by molar-refractivity contribution is 0.102. The second kappa shape index (κ2) is 5.23. The summed E-state index contributed by atoms with van der Waals surface area (Å²) in [6, 6.07) is 11.2. The molecule has 0 aliphatic carbocycles. The number of thiol groups is 1. The highest BCUT2D eigenvalue weighted by molar-refractivity contribution is 7.80. The van der Waals surface area contributed by atoms with Crippen molar-refractivity contribution < 1.29 is 9.18 Å². The van der Waals surface area contributed by atoms with E-state index >= 15 is 0 Å². The Hall–Kier alpha value is -1.81. The fourth-order valence-electron chi connectivity index (χ4n) is 1.61. The van der Waals surface area contributed by atoms with E-state index < -0.39 is 0 Å². The summed E-state index contributed by atoms with van der Waals surface area (Å²) in [7, 11) is 0. The predicted molar refractivity (Wildman–Crippen MR) is 72.8 cm³/mol. The third-order valence-corrected chi connectivity index (χ3v) is 2.82. The van der Waals surface area contributed by atoms with Crippen LogP contribution in [0, 0.1) is 12.7 Å². The van der Waals surface area contributed by atoms with Crippen molar-refractivity contribution in [2.45, 2.75) is 11.8 Å². The molecule has 2 aromatic carbocycles. The van der Waals surface area contributed by atoms with Crippen LogP contribution in [0.4, 0.5) is 10.1 Å². The third kappa shape index (κ3) is 2.90. The Morgan fingerprint density at radius 3 is 2.67 bits per heavy atom. The summed E-state index contributed by atoms with van der Waals surface area (Å²) < 4.78 is 12.9. The lowest BCUT2D eigenvalue weighted by Gasteiger charge is -2.08. The van der Waals surface area contributed by atoms with Gasteiger partial charge in [0.1, 0.15) is 5.82 Å². The van der Waals surface area contributed by atoms with Gasteiger partial charge in [0, 0.05) is 16.1 Å². The van der Waals surface area contributed by atoms with Crippen molar-refractivity contribution in [3.8, 4) is 0 Å². The Morgan fingerprint density at radius 2 is 2.00 bits per heavy atom. The summed E-state index contributed by atoms with van der Waals surface area (Å²) in [5.41, 5.74) is 1.81. The summed E-state index contributed by atoms with van der Waals surface area (Å²) in [6.07, 6.45) is 0. The van der Waals surface area contributed by atoms with Crippen LogP contribution in [0.3, 0.4) is 0 Å². The molecule has 2 rings (SSSR count). The maximum atomic E-state index is 12.9. The second-order valence-electron chi connectivity index (χ2n) is 3.96. The molecule has 1 amide bonds. The topological polar surface area (TPSA) is 29.1 Å². The van der Waals surface area contributed by atoms with Crippen LogP contribution in [0.15, 0.2) is 47.4 Å². The molecule has 92 valence electrons. The molecule has 0 spiro atoms. The molecule has 0 atom stereocenters. The lowest BCUT2D eigenvalue weighted by Crippen LogP contribution is -2.12. The van der Waals surface area contributed by atoms with Crippen molar-refractivity contribution in [2.24, 2.45) is 0 Å². The van der Waals surface area contributed by atoms with Gasteiger partial charge in [-0.15, -0.1) is 12.6 Å². The van der Waals surface area contributed by atoms with Crippen LogP contribution in [-0.4, -0.2) is 5.91 Å². The molecular weight excluding hydrogens is 249 g/mol. The fraction of sp³-hybridized carbons (Fsp3) is 0.0714. The normalized spacial score (nSPS) is 10.2. The van der Waals surface area contributed by atoms with Crippen molar-refractivity contribution in [3.05, 3.63) is 59.4 Å². The second-order valence-corrected chi connectivity index (χ2v) is 4.48. The van der Waals surface area contributed by atoms with E-state index in [0.29, 0.717) is 16.8 Å². The molecule has 0 fully saturated rings. The average molecular weight is 261 g/mol. The first-order valence-corrected chi connectivity index (χ1v) is 5.87. The zero-order chi connectivity index (χ0) is 13.1. The van der Waals surface area contributed by atoms with Crippen LogP contribution in [-0.2, 0) is 0 Å². The number of benzene rings is 2. The highest BCUT2D eigenvalue weighted by Gasteiger charge is 2.08. The van der Waals surface area contributed by atoms with Crippen LogP contribution < -0.4 is 5.32 Å². The Morgan fingerprint density at radius 1 is 1.22 bits per heavy atom. The minimum Gasteiger partial charge on any atom is -0.322 e. The highest BCUT2D eigenvalue weighted by Crippen LogP contribution is 2.17. The van der Waals surface area contributed by atoms with Gasteiger partial charge in [-0.05, 0) is 48.9 Å². The summed E-state index contributed by atoms with van der Waals surface area (Å²) in [5.74, 6) is -0.552. The van der Waals surface area contributed by atoms with Gasteiger partial charge in [0.25, 0.3) is 5.91 Å². The first kappa shape index (κ1) is 12.6. The van der Waals surface area contributed by atoms with Gasteiger partial charge < -0.3 is 5.32 Å². The van der Waals surface area contributed by atoms with Crippen molar-refractivity contribution in [1.29, 1.82) is 0 Å². The molecule has 0 radical (unpaired) electrons. The number of nitrogens with one attached hydrogen (secondary N) is 1. The van der Waals surface area contributed by atoms with Gasteiger partial charge >= 0.3 is 0 Å². The van der Waals surface area contributed by atoms with E-state index in [-0.39, 0.29) is 11.7 Å². The number of carbonyl (C=O) groups is 1. The molecule has 0 saturated heterocycles. The van der Waals surface area contributed by atoms with Gasteiger partial charge in [-0.2, -0.15) is 0 Å². The molecule has 2 nitrogen and oxygen atoms in total. The maximum Gasteiger partial charge on any atom is 0.255 e. The van der Waals surface area contributed by atoms with Crippen molar-refractivity contribution in [2.75, 3.05) is 5.32 Å². The zero-order valence-electron chi connectivity index (χ0n) is 9.77. The van der Waals surface area contributed by atoms with Crippen LogP contribution in [0.25, 0.3) is 0 Å². The highest BCUT2D eigenvalue weighted by atomic mass is 32.1. The predicted octanol–water partition coefficient (Wildman–Crippen LogP) is 3.68. The van der Waals surface area contributed by atoms with Crippen molar-refractivity contribution in [1.82, 2.24) is 0 Å². The van der Waals surface area contributed by atoms with Gasteiger partial charge in [-0.25, -0.2) is 4.39 Å². The van der Waals surface area contributed by atoms with Gasteiger partial charge in [-0.1, -0.05) is 6.07 Å². The summed E-state index contributed by atoms with van der Waals surface area (Å²) in [4.78, 5) is 12.7. The minimum absolute atomic E-state index is 0.236.